The predicted octanol–water partition coefficient (Wildman–Crippen LogP) is 7.09. The van der Waals surface area contributed by atoms with Crippen LogP contribution < -0.4 is 5.73 Å². The number of nitrogens with one attached hydrogen (secondary N) is 1. The van der Waals surface area contributed by atoms with Gasteiger partial charge >= 0.3 is 0 Å². The van der Waals surface area contributed by atoms with Gasteiger partial charge < -0.3 is 10.7 Å². The van der Waals surface area contributed by atoms with E-state index in [1.54, 1.807) is 6.07 Å². The van der Waals surface area contributed by atoms with E-state index in [9.17, 15) is 0 Å². The number of rotatable bonds is 6. The second-order valence-corrected chi connectivity index (χ2v) is 7.79. The first-order chi connectivity index (χ1) is 13.7. The third-order valence-electron chi connectivity index (χ3n) is 5.09. The number of H-pyrrole nitrogens is 1. The second kappa shape index (κ2) is 8.40. The van der Waals surface area contributed by atoms with Gasteiger partial charge in [0.15, 0.2) is 0 Å². The van der Waals surface area contributed by atoms with Gasteiger partial charge in [0.05, 0.1) is 16.2 Å². The molecule has 0 aliphatic heterocycles. The van der Waals surface area contributed by atoms with Crippen molar-refractivity contribution in [1.82, 2.24) is 4.98 Å². The average Bonchev–Trinajstić information content (AvgIpc) is 3.07. The molecule has 0 amide bonds. The summed E-state index contributed by atoms with van der Waals surface area (Å²) in [5.41, 5.74) is 12.6. The van der Waals surface area contributed by atoms with Crippen LogP contribution in [-0.2, 0) is 6.42 Å². The monoisotopic (exact) mass is 408 g/mol. The molecular weight excluding hydrogens is 387 g/mol. The van der Waals surface area contributed by atoms with Crippen molar-refractivity contribution in [2.24, 2.45) is 5.73 Å². The summed E-state index contributed by atoms with van der Waals surface area (Å²) in [6.07, 6.45) is 2.93. The standard InChI is InChI=1S/C24H22Cl2N2/c25-17-14-21-20(12-6-7-13-27)23(28-24(21)22(26)15-17)19-11-5-4-10-18(19)16-8-2-1-3-9-16/h1-5,8-11,14-15,28H,6-7,12-13,27H2. The van der Waals surface area contributed by atoms with Crippen molar-refractivity contribution >= 4 is 34.1 Å². The van der Waals surface area contributed by atoms with E-state index in [0.29, 0.717) is 16.6 Å². The van der Waals surface area contributed by atoms with Gasteiger partial charge in [0.1, 0.15) is 0 Å². The summed E-state index contributed by atoms with van der Waals surface area (Å²) >= 11 is 12.8. The first-order valence-electron chi connectivity index (χ1n) is 9.53. The SMILES string of the molecule is NCCCCc1c(-c2ccccc2-c2ccccc2)[nH]c2c(Cl)cc(Cl)cc12. The molecule has 0 spiro atoms. The fourth-order valence-electron chi connectivity index (χ4n) is 3.78. The van der Waals surface area contributed by atoms with E-state index >= 15 is 0 Å². The zero-order valence-electron chi connectivity index (χ0n) is 15.5. The minimum absolute atomic E-state index is 0.644. The Morgan fingerprint density at radius 2 is 1.54 bits per heavy atom. The normalized spacial score (nSPS) is 11.2. The van der Waals surface area contributed by atoms with E-state index in [-0.39, 0.29) is 0 Å². The van der Waals surface area contributed by atoms with Crippen LogP contribution in [0.2, 0.25) is 10.0 Å². The van der Waals surface area contributed by atoms with Crippen LogP contribution in [-0.4, -0.2) is 11.5 Å². The highest BCUT2D eigenvalue weighted by Gasteiger charge is 2.18. The number of aromatic nitrogens is 1. The number of nitrogens with two attached hydrogens (primary N) is 1. The van der Waals surface area contributed by atoms with Gasteiger partial charge in [0.2, 0.25) is 0 Å². The quantitative estimate of drug-likeness (QED) is 0.328. The summed E-state index contributed by atoms with van der Waals surface area (Å²) in [7, 11) is 0. The molecule has 0 aliphatic carbocycles. The van der Waals surface area contributed by atoms with Gasteiger partial charge in [-0.1, -0.05) is 77.8 Å². The maximum absolute atomic E-state index is 6.52. The molecule has 4 heteroatoms. The lowest BCUT2D eigenvalue weighted by Crippen LogP contribution is -1.99. The fourth-order valence-corrected chi connectivity index (χ4v) is 4.32. The molecule has 4 rings (SSSR count). The summed E-state index contributed by atoms with van der Waals surface area (Å²) in [5.74, 6) is 0. The summed E-state index contributed by atoms with van der Waals surface area (Å²) in [6.45, 7) is 0.694. The lowest BCUT2D eigenvalue weighted by molar-refractivity contribution is 0.748. The van der Waals surface area contributed by atoms with Gasteiger partial charge in [-0.25, -0.2) is 0 Å². The van der Waals surface area contributed by atoms with Crippen LogP contribution in [0.3, 0.4) is 0 Å². The lowest BCUT2D eigenvalue weighted by atomic mass is 9.94. The topological polar surface area (TPSA) is 41.8 Å². The highest BCUT2D eigenvalue weighted by Crippen LogP contribution is 2.40. The van der Waals surface area contributed by atoms with Crippen molar-refractivity contribution in [3.8, 4) is 22.4 Å². The Labute approximate surface area is 175 Å². The Morgan fingerprint density at radius 3 is 2.29 bits per heavy atom. The van der Waals surface area contributed by atoms with E-state index in [0.717, 1.165) is 35.9 Å². The van der Waals surface area contributed by atoms with E-state index in [4.69, 9.17) is 28.9 Å². The van der Waals surface area contributed by atoms with E-state index < -0.39 is 0 Å². The molecule has 3 aromatic carbocycles. The second-order valence-electron chi connectivity index (χ2n) is 6.95. The maximum atomic E-state index is 6.52. The molecule has 0 unspecified atom stereocenters. The minimum atomic E-state index is 0.644. The molecule has 1 aromatic heterocycles. The molecule has 0 saturated carbocycles. The van der Waals surface area contributed by atoms with Crippen molar-refractivity contribution < 1.29 is 0 Å². The maximum Gasteiger partial charge on any atom is 0.0662 e. The van der Waals surface area contributed by atoms with Crippen LogP contribution in [0, 0.1) is 0 Å². The summed E-state index contributed by atoms with van der Waals surface area (Å²) < 4.78 is 0. The number of hydrogen-bond donors (Lipinski definition) is 2. The van der Waals surface area contributed by atoms with Crippen LogP contribution >= 0.6 is 23.2 Å². The largest absolute Gasteiger partial charge is 0.353 e. The first kappa shape index (κ1) is 19.1. The van der Waals surface area contributed by atoms with Gasteiger partial charge in [-0.3, -0.25) is 0 Å². The number of fused-ring (bicyclic) bond motifs is 1. The summed E-state index contributed by atoms with van der Waals surface area (Å²) in [6, 6.07) is 22.7. The number of aryl methyl sites for hydroxylation is 1. The first-order valence-corrected chi connectivity index (χ1v) is 10.3. The van der Waals surface area contributed by atoms with Gasteiger partial charge in [-0.05, 0) is 54.6 Å². The van der Waals surface area contributed by atoms with E-state index in [1.165, 1.54) is 22.3 Å². The summed E-state index contributed by atoms with van der Waals surface area (Å²) in [5, 5.41) is 2.39. The molecule has 0 aliphatic rings. The minimum Gasteiger partial charge on any atom is -0.353 e. The Bertz CT molecular complexity index is 1100. The van der Waals surface area contributed by atoms with Crippen molar-refractivity contribution in [2.75, 3.05) is 6.54 Å². The molecule has 142 valence electrons. The third kappa shape index (κ3) is 3.68. The van der Waals surface area contributed by atoms with Crippen LogP contribution in [0.1, 0.15) is 18.4 Å². The Morgan fingerprint density at radius 1 is 0.821 bits per heavy atom. The van der Waals surface area contributed by atoms with Crippen molar-refractivity contribution in [2.45, 2.75) is 19.3 Å². The number of halogens is 2. The zero-order valence-corrected chi connectivity index (χ0v) is 17.0. The molecule has 0 atom stereocenters. The van der Waals surface area contributed by atoms with E-state index in [1.807, 2.05) is 12.1 Å². The summed E-state index contributed by atoms with van der Waals surface area (Å²) in [4.78, 5) is 3.59. The van der Waals surface area contributed by atoms with Crippen molar-refractivity contribution in [1.29, 1.82) is 0 Å². The van der Waals surface area contributed by atoms with E-state index in [2.05, 4.69) is 53.5 Å². The molecule has 0 radical (unpaired) electrons. The molecule has 3 N–H and O–H groups in total. The molecule has 2 nitrogen and oxygen atoms in total. The molecular formula is C24H22Cl2N2. The molecule has 0 saturated heterocycles. The molecule has 28 heavy (non-hydrogen) atoms. The van der Waals surface area contributed by atoms with Crippen LogP contribution in [0.4, 0.5) is 0 Å². The predicted molar refractivity (Wildman–Crippen MR) is 121 cm³/mol. The highest BCUT2D eigenvalue weighted by molar-refractivity contribution is 6.38. The smallest absolute Gasteiger partial charge is 0.0662 e. The molecule has 0 bridgehead atoms. The fraction of sp³-hybridized carbons (Fsp3) is 0.167. The van der Waals surface area contributed by atoms with Crippen molar-refractivity contribution in [3.05, 3.63) is 82.3 Å². The molecule has 1 heterocycles. The number of unbranched alkanes of at least 4 members (excludes halogenated alkanes) is 1. The Kier molecular flexibility index (Phi) is 5.72. The molecule has 0 fully saturated rings. The number of benzene rings is 3. The third-order valence-corrected chi connectivity index (χ3v) is 5.61. The van der Waals surface area contributed by atoms with Crippen molar-refractivity contribution in [3.63, 3.8) is 0 Å². The van der Waals surface area contributed by atoms with Crippen LogP contribution in [0.5, 0.6) is 0 Å². The molecule has 4 aromatic rings. The van der Waals surface area contributed by atoms with Gasteiger partial charge in [0, 0.05) is 16.0 Å². The van der Waals surface area contributed by atoms with Gasteiger partial charge in [0.25, 0.3) is 0 Å². The Hall–Kier alpha value is -2.26. The zero-order chi connectivity index (χ0) is 19.5. The van der Waals surface area contributed by atoms with Gasteiger partial charge in [-0.2, -0.15) is 0 Å². The highest BCUT2D eigenvalue weighted by atomic mass is 35.5. The Balaban J connectivity index is 1.94. The number of hydrogen-bond acceptors (Lipinski definition) is 1. The number of aromatic amines is 1. The average molecular weight is 409 g/mol. The van der Waals surface area contributed by atoms with Crippen LogP contribution in [0.25, 0.3) is 33.3 Å². The van der Waals surface area contributed by atoms with Gasteiger partial charge in [-0.15, -0.1) is 0 Å². The van der Waals surface area contributed by atoms with Crippen LogP contribution in [0.15, 0.2) is 66.7 Å². The lowest BCUT2D eigenvalue weighted by Gasteiger charge is -2.11.